The predicted molar refractivity (Wildman–Crippen MR) is 102 cm³/mol. The van der Waals surface area contributed by atoms with Crippen LogP contribution in [0.1, 0.15) is 17.5 Å². The molecule has 0 spiro atoms. The van der Waals surface area contributed by atoms with Gasteiger partial charge in [0.2, 0.25) is 5.91 Å². The van der Waals surface area contributed by atoms with Crippen molar-refractivity contribution >= 4 is 5.91 Å². The lowest BCUT2D eigenvalue weighted by Gasteiger charge is -2.27. The molecule has 0 bridgehead atoms. The Morgan fingerprint density at radius 2 is 1.67 bits per heavy atom. The van der Waals surface area contributed by atoms with Crippen molar-refractivity contribution in [2.24, 2.45) is 0 Å². The van der Waals surface area contributed by atoms with Gasteiger partial charge in [0.05, 0.1) is 6.54 Å². The van der Waals surface area contributed by atoms with Crippen LogP contribution in [0.3, 0.4) is 0 Å². The van der Waals surface area contributed by atoms with E-state index in [0.29, 0.717) is 31.4 Å². The van der Waals surface area contributed by atoms with Crippen LogP contribution in [0.25, 0.3) is 0 Å². The second-order valence-electron chi connectivity index (χ2n) is 7.30. The number of fused-ring (bicyclic) bond motifs is 1. The number of nitrogens with zero attached hydrogens (tertiary/aromatic N) is 2. The molecular weight excluding hydrogens is 343 g/mol. The highest BCUT2D eigenvalue weighted by Crippen LogP contribution is 2.26. The van der Waals surface area contributed by atoms with E-state index in [-0.39, 0.29) is 11.7 Å². The number of halogens is 1. The van der Waals surface area contributed by atoms with Gasteiger partial charge in [0.15, 0.2) is 0 Å². The molecule has 1 aliphatic carbocycles. The van der Waals surface area contributed by atoms with E-state index in [1.807, 2.05) is 4.90 Å². The summed E-state index contributed by atoms with van der Waals surface area (Å²) >= 11 is 0. The van der Waals surface area contributed by atoms with Crippen molar-refractivity contribution in [3.05, 3.63) is 65.5 Å². The van der Waals surface area contributed by atoms with Gasteiger partial charge in [-0.15, -0.1) is 0 Å². The second-order valence-corrected chi connectivity index (χ2v) is 7.30. The maximum absolute atomic E-state index is 12.9. The molecule has 1 saturated heterocycles. The molecule has 4 rings (SSSR count). The molecule has 0 aromatic heterocycles. The van der Waals surface area contributed by atoms with Crippen LogP contribution >= 0.6 is 0 Å². The van der Waals surface area contributed by atoms with Gasteiger partial charge in [0.1, 0.15) is 18.2 Å². The largest absolute Gasteiger partial charge is 0.492 e. The molecule has 0 atom stereocenters. The number of rotatable bonds is 5. The monoisotopic (exact) mass is 368 g/mol. The average molecular weight is 368 g/mol. The Labute approximate surface area is 159 Å². The maximum Gasteiger partial charge on any atom is 0.224 e. The van der Waals surface area contributed by atoms with E-state index in [2.05, 4.69) is 29.2 Å². The van der Waals surface area contributed by atoms with E-state index < -0.39 is 0 Å². The number of amides is 1. The first-order chi connectivity index (χ1) is 13.2. The Hall–Kier alpha value is -2.40. The Bertz CT molecular complexity index is 768. The summed E-state index contributed by atoms with van der Waals surface area (Å²) < 4.78 is 18.6. The summed E-state index contributed by atoms with van der Waals surface area (Å²) in [5.74, 6) is 0.541. The van der Waals surface area contributed by atoms with E-state index >= 15 is 0 Å². The summed E-state index contributed by atoms with van der Waals surface area (Å²) in [6.07, 6.45) is 2.72. The molecule has 0 N–H and O–H groups in total. The molecular formula is C22H25FN2O2. The van der Waals surface area contributed by atoms with Gasteiger partial charge in [-0.1, -0.05) is 24.3 Å². The van der Waals surface area contributed by atoms with Crippen molar-refractivity contribution in [1.29, 1.82) is 0 Å². The third-order valence-corrected chi connectivity index (χ3v) is 5.61. The molecule has 0 saturated carbocycles. The van der Waals surface area contributed by atoms with Crippen molar-refractivity contribution in [3.8, 4) is 5.75 Å². The topological polar surface area (TPSA) is 32.8 Å². The number of hydrogen-bond donors (Lipinski definition) is 0. The van der Waals surface area contributed by atoms with Gasteiger partial charge in [-0.25, -0.2) is 4.39 Å². The molecule has 142 valence electrons. The first kappa shape index (κ1) is 18.0. The minimum Gasteiger partial charge on any atom is -0.492 e. The van der Waals surface area contributed by atoms with E-state index in [1.165, 1.54) is 23.3 Å². The standard InChI is InChI=1S/C22H25FN2O2/c23-19-5-7-21(8-6-19)27-14-13-25-12-11-24(10-9-22(25)26)20-15-17-3-1-2-4-18(17)16-20/h1-8,20H,9-16H2. The first-order valence-corrected chi connectivity index (χ1v) is 9.66. The van der Waals surface area contributed by atoms with Crippen molar-refractivity contribution in [1.82, 2.24) is 9.80 Å². The molecule has 2 aliphatic rings. The second kappa shape index (κ2) is 8.09. The van der Waals surface area contributed by atoms with Gasteiger partial charge in [0.25, 0.3) is 0 Å². The molecule has 27 heavy (non-hydrogen) atoms. The minimum absolute atomic E-state index is 0.190. The third-order valence-electron chi connectivity index (χ3n) is 5.61. The van der Waals surface area contributed by atoms with Crippen molar-refractivity contribution in [2.75, 3.05) is 32.8 Å². The predicted octanol–water partition coefficient (Wildman–Crippen LogP) is 2.91. The van der Waals surface area contributed by atoms with E-state index in [0.717, 1.165) is 32.5 Å². The lowest BCUT2D eigenvalue weighted by molar-refractivity contribution is -0.130. The quantitative estimate of drug-likeness (QED) is 0.814. The van der Waals surface area contributed by atoms with Crippen molar-refractivity contribution in [3.63, 3.8) is 0 Å². The lowest BCUT2D eigenvalue weighted by Crippen LogP contribution is -2.39. The number of ether oxygens (including phenoxy) is 1. The molecule has 5 heteroatoms. The molecule has 4 nitrogen and oxygen atoms in total. The Morgan fingerprint density at radius 3 is 2.37 bits per heavy atom. The van der Waals surface area contributed by atoms with E-state index in [9.17, 15) is 9.18 Å². The fourth-order valence-electron chi connectivity index (χ4n) is 4.08. The summed E-state index contributed by atoms with van der Waals surface area (Å²) in [6.45, 7) is 3.45. The highest BCUT2D eigenvalue weighted by atomic mass is 19.1. The van der Waals surface area contributed by atoms with Crippen molar-refractivity contribution in [2.45, 2.75) is 25.3 Å². The smallest absolute Gasteiger partial charge is 0.224 e. The van der Waals surface area contributed by atoms with Crippen molar-refractivity contribution < 1.29 is 13.9 Å². The minimum atomic E-state index is -0.279. The fourth-order valence-corrected chi connectivity index (χ4v) is 4.08. The van der Waals surface area contributed by atoms with Gasteiger partial charge in [-0.05, 0) is 48.2 Å². The summed E-state index contributed by atoms with van der Waals surface area (Å²) in [6, 6.07) is 15.1. The summed E-state index contributed by atoms with van der Waals surface area (Å²) in [4.78, 5) is 16.8. The summed E-state index contributed by atoms with van der Waals surface area (Å²) in [5.41, 5.74) is 2.89. The Morgan fingerprint density at radius 1 is 0.963 bits per heavy atom. The lowest BCUT2D eigenvalue weighted by atomic mass is 10.1. The molecule has 2 aromatic carbocycles. The van der Waals surface area contributed by atoms with Crippen LogP contribution in [0.5, 0.6) is 5.75 Å². The molecule has 0 unspecified atom stereocenters. The molecule has 1 heterocycles. The Kier molecular flexibility index (Phi) is 5.39. The number of hydrogen-bond acceptors (Lipinski definition) is 3. The molecule has 1 fully saturated rings. The van der Waals surface area contributed by atoms with Crippen LogP contribution in [-0.2, 0) is 17.6 Å². The van der Waals surface area contributed by atoms with Crippen LogP contribution < -0.4 is 4.74 Å². The van der Waals surface area contributed by atoms with E-state index in [4.69, 9.17) is 4.74 Å². The highest BCUT2D eigenvalue weighted by Gasteiger charge is 2.29. The van der Waals surface area contributed by atoms with E-state index in [1.54, 1.807) is 12.1 Å². The highest BCUT2D eigenvalue weighted by molar-refractivity contribution is 5.76. The van der Waals surface area contributed by atoms with Gasteiger partial charge in [-0.2, -0.15) is 0 Å². The van der Waals surface area contributed by atoms with Crippen LogP contribution in [0.15, 0.2) is 48.5 Å². The molecule has 0 radical (unpaired) electrons. The van der Waals surface area contributed by atoms with Gasteiger partial charge in [-0.3, -0.25) is 9.69 Å². The van der Waals surface area contributed by atoms with Crippen LogP contribution in [-0.4, -0.2) is 54.5 Å². The fraction of sp³-hybridized carbons (Fsp3) is 0.409. The number of benzene rings is 2. The van der Waals surface area contributed by atoms with Gasteiger partial charge >= 0.3 is 0 Å². The Balaban J connectivity index is 1.28. The first-order valence-electron chi connectivity index (χ1n) is 9.66. The summed E-state index contributed by atoms with van der Waals surface area (Å²) in [5, 5.41) is 0. The normalized spacial score (nSPS) is 18.4. The van der Waals surface area contributed by atoms with Crippen LogP contribution in [0.2, 0.25) is 0 Å². The zero-order valence-electron chi connectivity index (χ0n) is 15.4. The zero-order chi connectivity index (χ0) is 18.6. The maximum atomic E-state index is 12.9. The SMILES string of the molecule is O=C1CCN(C2Cc3ccccc3C2)CCN1CCOc1ccc(F)cc1. The summed E-state index contributed by atoms with van der Waals surface area (Å²) in [7, 11) is 0. The molecule has 1 amide bonds. The third kappa shape index (κ3) is 4.30. The zero-order valence-corrected chi connectivity index (χ0v) is 15.4. The van der Waals surface area contributed by atoms with Crippen LogP contribution in [0, 0.1) is 5.82 Å². The van der Waals surface area contributed by atoms with Gasteiger partial charge in [0, 0.05) is 32.1 Å². The molecule has 1 aliphatic heterocycles. The number of carbonyl (C=O) groups is 1. The average Bonchev–Trinajstić information content (AvgIpc) is 3.03. The van der Waals surface area contributed by atoms with Gasteiger partial charge < -0.3 is 9.64 Å². The van der Waals surface area contributed by atoms with Crippen LogP contribution in [0.4, 0.5) is 4.39 Å². The molecule has 2 aromatic rings. The number of carbonyl (C=O) groups excluding carboxylic acids is 1.